The fourth-order valence-corrected chi connectivity index (χ4v) is 11.2. The molecule has 0 bridgehead atoms. The fourth-order valence-electron chi connectivity index (χ4n) is 11.2. The minimum absolute atomic E-state index is 0.00160. The van der Waals surface area contributed by atoms with E-state index in [9.17, 15) is 28.7 Å². The first-order chi connectivity index (χ1) is 18.7. The van der Waals surface area contributed by atoms with E-state index in [2.05, 4.69) is 46.0 Å². The Balaban J connectivity index is 1.48. The molecule has 1 amide bonds. The number of aliphatic hydroxyl groups excluding tert-OH is 1. The molecule has 2 N–H and O–H groups in total. The van der Waals surface area contributed by atoms with E-state index in [1.54, 1.807) is 0 Å². The second kappa shape index (κ2) is 8.00. The molecule has 1 heterocycles. The Bertz CT molecular complexity index is 1300. The third kappa shape index (κ3) is 3.40. The Hall–Kier alpha value is -1.85. The second-order valence-electron chi connectivity index (χ2n) is 16.7. The van der Waals surface area contributed by atoms with Crippen LogP contribution in [0.15, 0.2) is 11.6 Å². The van der Waals surface area contributed by atoms with E-state index in [-0.39, 0.29) is 23.0 Å². The zero-order valence-electron chi connectivity index (χ0n) is 25.8. The van der Waals surface area contributed by atoms with Crippen molar-refractivity contribution in [2.75, 3.05) is 0 Å². The van der Waals surface area contributed by atoms with Crippen LogP contribution in [-0.2, 0) is 14.3 Å². The van der Waals surface area contributed by atoms with Gasteiger partial charge in [0.1, 0.15) is 18.3 Å². The van der Waals surface area contributed by atoms with Crippen molar-refractivity contribution in [1.82, 2.24) is 5.32 Å². The van der Waals surface area contributed by atoms with E-state index in [4.69, 9.17) is 4.74 Å². The quantitative estimate of drug-likeness (QED) is 0.411. The third-order valence-electron chi connectivity index (χ3n) is 13.7. The standard InChI is InChI=1S/C33H46F2N2O4/c1-26(2)11-13-32(37-25(40)31(8,34)35)14-12-29(6)22(18(32)16-26)19(38)15-21-28(29,5)10-9-20-27(3,4)23(39)33(17-36)24(41-33)30(20,21)7/h15,18,20,22-24,39H,9-14,16H2,1-8H3,(H,37,40)/t18?,20-,22?,23?,24+,28+,29+,30-,32-,33-/m0/s1. The number of epoxide rings is 1. The molecule has 0 radical (unpaired) electrons. The van der Waals surface area contributed by atoms with Crippen molar-refractivity contribution in [3.05, 3.63) is 11.6 Å². The summed E-state index contributed by atoms with van der Waals surface area (Å²) in [4.78, 5) is 27.3. The van der Waals surface area contributed by atoms with E-state index >= 15 is 0 Å². The lowest BCUT2D eigenvalue weighted by atomic mass is 9.34. The highest BCUT2D eigenvalue weighted by molar-refractivity contribution is 5.96. The van der Waals surface area contributed by atoms with Gasteiger partial charge in [-0.25, -0.2) is 0 Å². The highest BCUT2D eigenvalue weighted by Crippen LogP contribution is 2.77. The van der Waals surface area contributed by atoms with Crippen LogP contribution in [0.4, 0.5) is 8.78 Å². The van der Waals surface area contributed by atoms with Crippen molar-refractivity contribution in [2.45, 2.75) is 130 Å². The van der Waals surface area contributed by atoms with Crippen molar-refractivity contribution < 1.29 is 28.2 Å². The minimum Gasteiger partial charge on any atom is -0.388 e. The second-order valence-corrected chi connectivity index (χ2v) is 16.7. The van der Waals surface area contributed by atoms with Crippen LogP contribution >= 0.6 is 0 Å². The molecule has 0 aromatic heterocycles. The molecular weight excluding hydrogens is 526 g/mol. The topological polar surface area (TPSA) is 103 Å². The van der Waals surface area contributed by atoms with Gasteiger partial charge in [0.05, 0.1) is 0 Å². The Labute approximate surface area is 242 Å². The molecule has 6 rings (SSSR count). The number of nitrogens with zero attached hydrogens (tertiary/aromatic N) is 1. The van der Waals surface area contributed by atoms with E-state index in [0.717, 1.165) is 24.8 Å². The van der Waals surface area contributed by atoms with Crippen LogP contribution in [-0.4, -0.2) is 46.1 Å². The summed E-state index contributed by atoms with van der Waals surface area (Å²) in [7, 11) is 0. The molecule has 0 spiro atoms. The number of hydrogen-bond acceptors (Lipinski definition) is 5. The summed E-state index contributed by atoms with van der Waals surface area (Å²) in [6.45, 7) is 15.6. The van der Waals surface area contributed by atoms with Gasteiger partial charge in [0.15, 0.2) is 5.78 Å². The molecule has 1 aliphatic heterocycles. The number of ketones is 1. The van der Waals surface area contributed by atoms with Gasteiger partial charge in [-0.05, 0) is 84.5 Å². The number of carbonyl (C=O) groups is 2. The minimum atomic E-state index is -3.49. The molecule has 41 heavy (non-hydrogen) atoms. The first-order valence-corrected chi connectivity index (χ1v) is 15.4. The van der Waals surface area contributed by atoms with Crippen LogP contribution in [0.25, 0.3) is 0 Å². The van der Waals surface area contributed by atoms with Crippen LogP contribution in [0.2, 0.25) is 0 Å². The highest BCUT2D eigenvalue weighted by atomic mass is 19.3. The average molecular weight is 573 g/mol. The number of amides is 1. The monoisotopic (exact) mass is 572 g/mol. The zero-order chi connectivity index (χ0) is 30.4. The van der Waals surface area contributed by atoms with E-state index in [0.29, 0.717) is 32.6 Å². The lowest BCUT2D eigenvalue weighted by Gasteiger charge is -2.70. The average Bonchev–Trinajstić information content (AvgIpc) is 3.62. The molecule has 0 aromatic rings. The van der Waals surface area contributed by atoms with E-state index in [1.165, 1.54) is 0 Å². The summed E-state index contributed by atoms with van der Waals surface area (Å²) >= 11 is 0. The Morgan fingerprint density at radius 2 is 1.73 bits per heavy atom. The lowest BCUT2D eigenvalue weighted by molar-refractivity contribution is -0.174. The Morgan fingerprint density at radius 1 is 1.10 bits per heavy atom. The van der Waals surface area contributed by atoms with Crippen molar-refractivity contribution in [3.63, 3.8) is 0 Å². The van der Waals surface area contributed by atoms with Crippen LogP contribution in [0, 0.1) is 56.2 Å². The molecule has 226 valence electrons. The predicted octanol–water partition coefficient (Wildman–Crippen LogP) is 5.73. The lowest BCUT2D eigenvalue weighted by Crippen LogP contribution is -2.71. The number of carbonyl (C=O) groups excluding carboxylic acids is 2. The molecule has 0 aromatic carbocycles. The summed E-state index contributed by atoms with van der Waals surface area (Å²) < 4.78 is 34.5. The van der Waals surface area contributed by atoms with Gasteiger partial charge in [-0.3, -0.25) is 9.59 Å². The maximum absolute atomic E-state index is 14.5. The summed E-state index contributed by atoms with van der Waals surface area (Å²) in [5.74, 6) is -5.41. The number of rotatable bonds is 2. The number of allylic oxidation sites excluding steroid dienone is 1. The largest absolute Gasteiger partial charge is 0.388 e. The molecule has 6 nitrogen and oxygen atoms in total. The number of nitriles is 1. The molecule has 5 fully saturated rings. The highest BCUT2D eigenvalue weighted by Gasteiger charge is 2.82. The predicted molar refractivity (Wildman–Crippen MR) is 148 cm³/mol. The SMILES string of the molecule is CC1(C)CC[C@]2(NC(=O)C(C)(F)F)CC[C@]3(C)C(C(=O)C=C4[C@@]5(C)[C@H]6O[C@@]6(C#N)C(O)C(C)(C)[C@@H]5CC[C@]43C)C2C1. The van der Waals surface area contributed by atoms with Gasteiger partial charge in [-0.2, -0.15) is 14.0 Å². The maximum Gasteiger partial charge on any atom is 0.321 e. The van der Waals surface area contributed by atoms with E-state index < -0.39 is 62.8 Å². The number of halogens is 2. The van der Waals surface area contributed by atoms with Crippen molar-refractivity contribution in [2.24, 2.45) is 44.8 Å². The summed E-state index contributed by atoms with van der Waals surface area (Å²) in [6.07, 6.45) is 5.28. The number of aliphatic hydroxyl groups is 1. The van der Waals surface area contributed by atoms with Gasteiger partial charge in [0.2, 0.25) is 5.60 Å². The number of fused-ring (bicyclic) bond motifs is 9. The number of hydrogen-bond donors (Lipinski definition) is 2. The van der Waals surface area contributed by atoms with Crippen LogP contribution < -0.4 is 5.32 Å². The van der Waals surface area contributed by atoms with E-state index in [1.807, 2.05) is 19.9 Å². The molecule has 6 aliphatic rings. The molecule has 4 saturated carbocycles. The summed E-state index contributed by atoms with van der Waals surface area (Å²) in [6, 6.07) is 2.30. The normalized spacial score (nSPS) is 50.9. The Kier molecular flexibility index (Phi) is 5.70. The smallest absolute Gasteiger partial charge is 0.321 e. The number of nitrogens with one attached hydrogen (secondary N) is 1. The molecule has 5 aliphatic carbocycles. The van der Waals surface area contributed by atoms with Gasteiger partial charge in [-0.1, -0.05) is 54.0 Å². The molecule has 1 saturated heterocycles. The van der Waals surface area contributed by atoms with Crippen LogP contribution in [0.1, 0.15) is 100 Å². The van der Waals surface area contributed by atoms with Crippen molar-refractivity contribution >= 4 is 11.7 Å². The van der Waals surface area contributed by atoms with Crippen molar-refractivity contribution in [3.8, 4) is 6.07 Å². The van der Waals surface area contributed by atoms with Gasteiger partial charge in [0.25, 0.3) is 5.91 Å². The molecule has 8 heteroatoms. The van der Waals surface area contributed by atoms with Gasteiger partial charge in [0, 0.05) is 23.8 Å². The van der Waals surface area contributed by atoms with Gasteiger partial charge < -0.3 is 15.2 Å². The first-order valence-electron chi connectivity index (χ1n) is 15.4. The maximum atomic E-state index is 14.5. The van der Waals surface area contributed by atoms with Crippen molar-refractivity contribution in [1.29, 1.82) is 5.26 Å². The number of alkyl halides is 2. The van der Waals surface area contributed by atoms with Gasteiger partial charge >= 0.3 is 5.92 Å². The summed E-state index contributed by atoms with van der Waals surface area (Å²) in [5.41, 5.74) is -3.24. The first kappa shape index (κ1) is 29.2. The molecule has 10 atom stereocenters. The van der Waals surface area contributed by atoms with Crippen LogP contribution in [0.3, 0.4) is 0 Å². The molecule has 3 unspecified atom stereocenters. The van der Waals surface area contributed by atoms with Gasteiger partial charge in [-0.15, -0.1) is 0 Å². The summed E-state index contributed by atoms with van der Waals surface area (Å²) in [5, 5.41) is 24.3. The zero-order valence-corrected chi connectivity index (χ0v) is 25.8. The number of ether oxygens (including phenoxy) is 1. The van der Waals surface area contributed by atoms with Crippen LogP contribution in [0.5, 0.6) is 0 Å². The molecular formula is C33H46F2N2O4. The third-order valence-corrected chi connectivity index (χ3v) is 13.7. The fraction of sp³-hybridized carbons (Fsp3) is 0.848. The Morgan fingerprint density at radius 3 is 2.34 bits per heavy atom.